The fourth-order valence-electron chi connectivity index (χ4n) is 4.44. The van der Waals surface area contributed by atoms with Gasteiger partial charge in [0.15, 0.2) is 0 Å². The lowest BCUT2D eigenvalue weighted by Crippen LogP contribution is -2.53. The van der Waals surface area contributed by atoms with Crippen LogP contribution in [-0.4, -0.2) is 57.3 Å². The molecule has 5 N–H and O–H groups in total. The second-order valence-corrected chi connectivity index (χ2v) is 10.4. The molecule has 4 atom stereocenters. The van der Waals surface area contributed by atoms with Crippen molar-refractivity contribution < 1.29 is 25.2 Å². The van der Waals surface area contributed by atoms with Crippen LogP contribution in [0.5, 0.6) is 0 Å². The van der Waals surface area contributed by atoms with Crippen LogP contribution in [0.2, 0.25) is 0 Å². The van der Waals surface area contributed by atoms with Crippen molar-refractivity contribution in [1.29, 1.82) is 0 Å². The quantitative estimate of drug-likeness (QED) is 0.0726. The molecule has 0 aliphatic heterocycles. The van der Waals surface area contributed by atoms with Gasteiger partial charge in [0.05, 0.1) is 18.8 Å². The van der Waals surface area contributed by atoms with E-state index in [9.17, 15) is 25.2 Å². The van der Waals surface area contributed by atoms with Crippen LogP contribution in [0.3, 0.4) is 0 Å². The third kappa shape index (κ3) is 20.1. The van der Waals surface area contributed by atoms with E-state index < -0.39 is 36.9 Å². The van der Waals surface area contributed by atoms with Gasteiger partial charge in [0.25, 0.3) is 0 Å². The number of nitrogens with one attached hydrogen (secondary N) is 1. The van der Waals surface area contributed by atoms with Crippen LogP contribution in [0.25, 0.3) is 0 Å². The number of rotatable bonds is 26. The first-order chi connectivity index (χ1) is 17.5. The molecule has 0 saturated carbocycles. The predicted octanol–water partition coefficient (Wildman–Crippen LogP) is 5.94. The highest BCUT2D eigenvalue weighted by atomic mass is 16.3. The van der Waals surface area contributed by atoms with Crippen molar-refractivity contribution in [3.05, 3.63) is 12.2 Å². The van der Waals surface area contributed by atoms with Crippen LogP contribution in [-0.2, 0) is 4.79 Å². The van der Waals surface area contributed by atoms with Crippen molar-refractivity contribution in [2.24, 2.45) is 0 Å². The van der Waals surface area contributed by atoms with Gasteiger partial charge in [-0.2, -0.15) is 0 Å². The largest absolute Gasteiger partial charge is 0.394 e. The maximum atomic E-state index is 12.3. The van der Waals surface area contributed by atoms with E-state index in [1.165, 1.54) is 57.8 Å². The number of carbonyl (C=O) groups is 1. The van der Waals surface area contributed by atoms with E-state index in [2.05, 4.69) is 31.3 Å². The monoisotopic (exact) mass is 513 g/mol. The molecule has 0 heterocycles. The van der Waals surface area contributed by atoms with Gasteiger partial charge in [-0.15, -0.1) is 0 Å². The number of hydrogen-bond acceptors (Lipinski definition) is 5. The molecule has 0 rings (SSSR count). The number of amides is 1. The maximum Gasteiger partial charge on any atom is 0.249 e. The molecule has 6 nitrogen and oxygen atoms in total. The summed E-state index contributed by atoms with van der Waals surface area (Å²) in [5.41, 5.74) is 0. The first-order valence-corrected chi connectivity index (χ1v) is 15.1. The van der Waals surface area contributed by atoms with Crippen LogP contribution < -0.4 is 5.32 Å². The minimum Gasteiger partial charge on any atom is -0.394 e. The van der Waals surface area contributed by atoms with Crippen LogP contribution in [0.4, 0.5) is 0 Å². The van der Waals surface area contributed by atoms with Crippen LogP contribution in [0, 0.1) is 0 Å². The third-order valence-corrected chi connectivity index (χ3v) is 6.98. The molecular weight excluding hydrogens is 454 g/mol. The van der Waals surface area contributed by atoms with Crippen molar-refractivity contribution >= 4 is 5.91 Å². The Morgan fingerprint density at radius 3 is 1.69 bits per heavy atom. The predicted molar refractivity (Wildman–Crippen MR) is 150 cm³/mol. The molecule has 0 bridgehead atoms. The standard InChI is InChI=1S/C30H59NO5/c1-3-5-7-9-11-13-15-17-19-21-23-27(33)29(35)26(25-32)31-30(36)28(34)24-22-20-18-16-14-12-10-8-6-4-2/h10,12,26-29,32-35H,3-9,11,13-25H2,1-2H3,(H,31,36)/b12-10-. The van der Waals surface area contributed by atoms with Crippen LogP contribution in [0.1, 0.15) is 142 Å². The fraction of sp³-hybridized carbons (Fsp3) is 0.900. The molecule has 0 aliphatic rings. The molecule has 0 radical (unpaired) electrons. The van der Waals surface area contributed by atoms with Gasteiger partial charge >= 0.3 is 0 Å². The van der Waals surface area contributed by atoms with Crippen molar-refractivity contribution in [2.75, 3.05) is 6.61 Å². The second-order valence-electron chi connectivity index (χ2n) is 10.4. The molecule has 6 heteroatoms. The zero-order chi connectivity index (χ0) is 26.9. The van der Waals surface area contributed by atoms with Crippen LogP contribution >= 0.6 is 0 Å². The fourth-order valence-corrected chi connectivity index (χ4v) is 4.44. The Morgan fingerprint density at radius 2 is 1.14 bits per heavy atom. The number of carbonyl (C=O) groups excluding carboxylic acids is 1. The molecule has 0 aromatic rings. The van der Waals surface area contributed by atoms with E-state index in [1.807, 2.05) is 0 Å². The molecule has 0 saturated heterocycles. The topological polar surface area (TPSA) is 110 Å². The SMILES string of the molecule is CCCC/C=C\CCCCCCC(O)C(=O)NC(CO)C(O)C(O)CCCCCCCCCCCC. The van der Waals surface area contributed by atoms with Gasteiger partial charge in [-0.1, -0.05) is 122 Å². The highest BCUT2D eigenvalue weighted by Crippen LogP contribution is 2.14. The Hall–Kier alpha value is -0.950. The first-order valence-electron chi connectivity index (χ1n) is 15.1. The summed E-state index contributed by atoms with van der Waals surface area (Å²) in [7, 11) is 0. The minimum absolute atomic E-state index is 0.355. The van der Waals surface area contributed by atoms with E-state index in [1.54, 1.807) is 0 Å². The molecule has 4 unspecified atom stereocenters. The molecular formula is C30H59NO5. The van der Waals surface area contributed by atoms with Crippen molar-refractivity contribution in [3.63, 3.8) is 0 Å². The normalized spacial score (nSPS) is 15.2. The molecule has 0 fully saturated rings. The van der Waals surface area contributed by atoms with Gasteiger partial charge in [-0.25, -0.2) is 0 Å². The Bertz CT molecular complexity index is 514. The molecule has 0 spiro atoms. The molecule has 0 aliphatic carbocycles. The van der Waals surface area contributed by atoms with Gasteiger partial charge < -0.3 is 25.7 Å². The number of aliphatic hydroxyl groups is 4. The molecule has 36 heavy (non-hydrogen) atoms. The Morgan fingerprint density at radius 1 is 0.667 bits per heavy atom. The van der Waals surface area contributed by atoms with E-state index in [-0.39, 0.29) is 0 Å². The number of aliphatic hydroxyl groups excluding tert-OH is 4. The lowest BCUT2D eigenvalue weighted by atomic mass is 9.99. The van der Waals surface area contributed by atoms with E-state index in [4.69, 9.17) is 0 Å². The smallest absolute Gasteiger partial charge is 0.249 e. The second kappa shape index (κ2) is 25.7. The third-order valence-electron chi connectivity index (χ3n) is 6.98. The Balaban J connectivity index is 3.95. The van der Waals surface area contributed by atoms with Gasteiger partial charge in [0.1, 0.15) is 12.2 Å². The zero-order valence-electron chi connectivity index (χ0n) is 23.5. The molecule has 1 amide bonds. The van der Waals surface area contributed by atoms with Crippen LogP contribution in [0.15, 0.2) is 12.2 Å². The van der Waals surface area contributed by atoms with E-state index >= 15 is 0 Å². The number of unbranched alkanes of at least 4 members (excludes halogenated alkanes) is 15. The summed E-state index contributed by atoms with van der Waals surface area (Å²) in [6.45, 7) is 3.93. The highest BCUT2D eigenvalue weighted by Gasteiger charge is 2.28. The summed E-state index contributed by atoms with van der Waals surface area (Å²) in [6.07, 6.45) is 22.3. The lowest BCUT2D eigenvalue weighted by Gasteiger charge is -2.27. The van der Waals surface area contributed by atoms with Crippen molar-refractivity contribution in [2.45, 2.75) is 167 Å². The number of allylic oxidation sites excluding steroid dienone is 2. The average Bonchev–Trinajstić information content (AvgIpc) is 2.88. The van der Waals surface area contributed by atoms with Crippen molar-refractivity contribution in [1.82, 2.24) is 5.32 Å². The average molecular weight is 514 g/mol. The Labute approximate surface area is 222 Å². The van der Waals surface area contributed by atoms with E-state index in [0.29, 0.717) is 12.8 Å². The molecule has 0 aromatic heterocycles. The minimum atomic E-state index is -1.25. The van der Waals surface area contributed by atoms with Crippen molar-refractivity contribution in [3.8, 4) is 0 Å². The lowest BCUT2D eigenvalue weighted by molar-refractivity contribution is -0.132. The van der Waals surface area contributed by atoms with Gasteiger partial charge in [-0.05, 0) is 32.1 Å². The maximum absolute atomic E-state index is 12.3. The summed E-state index contributed by atoms with van der Waals surface area (Å²) in [6, 6.07) is -0.982. The number of hydrogen-bond donors (Lipinski definition) is 5. The molecule has 214 valence electrons. The van der Waals surface area contributed by atoms with Gasteiger partial charge in [0.2, 0.25) is 5.91 Å². The van der Waals surface area contributed by atoms with Gasteiger partial charge in [-0.3, -0.25) is 4.79 Å². The summed E-state index contributed by atoms with van der Waals surface area (Å²) in [4.78, 5) is 12.3. The first kappa shape index (κ1) is 35.0. The molecule has 0 aromatic carbocycles. The zero-order valence-corrected chi connectivity index (χ0v) is 23.5. The summed E-state index contributed by atoms with van der Waals surface area (Å²) >= 11 is 0. The summed E-state index contributed by atoms with van der Waals surface area (Å²) in [5.74, 6) is -0.599. The van der Waals surface area contributed by atoms with E-state index in [0.717, 1.165) is 57.8 Å². The van der Waals surface area contributed by atoms with Gasteiger partial charge in [0, 0.05) is 0 Å². The highest BCUT2D eigenvalue weighted by molar-refractivity contribution is 5.80. The summed E-state index contributed by atoms with van der Waals surface area (Å²) < 4.78 is 0. The Kier molecular flexibility index (Phi) is 25.0. The summed E-state index contributed by atoms with van der Waals surface area (Å²) in [5, 5.41) is 43.0.